The maximum absolute atomic E-state index is 12.5. The van der Waals surface area contributed by atoms with Crippen molar-refractivity contribution in [3.8, 4) is 0 Å². The summed E-state index contributed by atoms with van der Waals surface area (Å²) in [6.45, 7) is 6.24. The Labute approximate surface area is 148 Å². The van der Waals surface area contributed by atoms with Crippen LogP contribution in [0.4, 0.5) is 0 Å². The predicted molar refractivity (Wildman–Crippen MR) is 93.0 cm³/mol. The second kappa shape index (κ2) is 9.25. The summed E-state index contributed by atoms with van der Waals surface area (Å²) >= 11 is 0. The van der Waals surface area contributed by atoms with Crippen molar-refractivity contribution in [2.24, 2.45) is 0 Å². The van der Waals surface area contributed by atoms with E-state index in [0.29, 0.717) is 38.5 Å². The highest BCUT2D eigenvalue weighted by molar-refractivity contribution is 5.91. The number of furan rings is 1. The summed E-state index contributed by atoms with van der Waals surface area (Å²) in [5.74, 6) is 0.0355. The molecule has 0 aliphatic carbocycles. The molecule has 2 heterocycles. The number of hydrogen-bond donors (Lipinski definition) is 0. The van der Waals surface area contributed by atoms with Crippen LogP contribution in [0.5, 0.6) is 0 Å². The highest BCUT2D eigenvalue weighted by Crippen LogP contribution is 2.10. The van der Waals surface area contributed by atoms with Crippen LogP contribution in [0.3, 0.4) is 0 Å². The number of nitrogens with zero attached hydrogens (tertiary/aromatic N) is 3. The van der Waals surface area contributed by atoms with Crippen molar-refractivity contribution >= 4 is 17.7 Å². The Balaban J connectivity index is 1.81. The lowest BCUT2D eigenvalue weighted by atomic mass is 10.2. The first-order valence-electron chi connectivity index (χ1n) is 8.89. The molecule has 3 amide bonds. The summed E-state index contributed by atoms with van der Waals surface area (Å²) in [6.07, 6.45) is 4.51. The molecule has 0 bridgehead atoms. The first-order chi connectivity index (χ1) is 12.0. The van der Waals surface area contributed by atoms with Crippen molar-refractivity contribution < 1.29 is 18.8 Å². The van der Waals surface area contributed by atoms with Crippen LogP contribution in [-0.4, -0.2) is 71.7 Å². The molecule has 0 spiro atoms. The zero-order valence-electron chi connectivity index (χ0n) is 15.1. The zero-order valence-corrected chi connectivity index (χ0v) is 15.1. The number of piperazine rings is 1. The van der Waals surface area contributed by atoms with E-state index in [0.717, 1.165) is 19.3 Å². The summed E-state index contributed by atoms with van der Waals surface area (Å²) in [6, 6.07) is 3.32. The largest absolute Gasteiger partial charge is 0.459 e. The maximum atomic E-state index is 12.5. The molecular weight excluding hydrogens is 322 g/mol. The third-order valence-electron chi connectivity index (χ3n) is 4.45. The second-order valence-corrected chi connectivity index (χ2v) is 6.30. The van der Waals surface area contributed by atoms with Gasteiger partial charge in [-0.25, -0.2) is 0 Å². The van der Waals surface area contributed by atoms with Gasteiger partial charge in [-0.1, -0.05) is 19.8 Å². The molecule has 1 fully saturated rings. The van der Waals surface area contributed by atoms with E-state index in [4.69, 9.17) is 4.42 Å². The maximum Gasteiger partial charge on any atom is 0.289 e. The molecule has 0 aromatic carbocycles. The van der Waals surface area contributed by atoms with Gasteiger partial charge in [0.2, 0.25) is 11.8 Å². The van der Waals surface area contributed by atoms with Gasteiger partial charge in [0.05, 0.1) is 12.8 Å². The van der Waals surface area contributed by atoms with E-state index in [1.54, 1.807) is 26.8 Å². The fourth-order valence-electron chi connectivity index (χ4n) is 2.88. The highest BCUT2D eigenvalue weighted by Gasteiger charge is 2.27. The van der Waals surface area contributed by atoms with Crippen molar-refractivity contribution in [1.82, 2.24) is 14.7 Å². The Morgan fingerprint density at radius 3 is 2.36 bits per heavy atom. The molecule has 0 atom stereocenters. The zero-order chi connectivity index (χ0) is 18.2. The molecular formula is C18H27N3O4. The van der Waals surface area contributed by atoms with Crippen LogP contribution in [0.15, 0.2) is 22.8 Å². The Bertz CT molecular complexity index is 577. The molecule has 1 saturated heterocycles. The molecule has 7 heteroatoms. The molecule has 2 rings (SSSR count). The molecule has 0 unspecified atom stereocenters. The highest BCUT2D eigenvalue weighted by atomic mass is 16.3. The van der Waals surface area contributed by atoms with Crippen LogP contribution in [0.25, 0.3) is 0 Å². The normalized spacial score (nSPS) is 14.5. The number of unbranched alkanes of at least 4 members (excludes halogenated alkanes) is 2. The van der Waals surface area contributed by atoms with Gasteiger partial charge in [0.1, 0.15) is 0 Å². The number of amides is 3. The van der Waals surface area contributed by atoms with Gasteiger partial charge in [0.25, 0.3) is 5.91 Å². The Hall–Kier alpha value is -2.31. The van der Waals surface area contributed by atoms with Crippen molar-refractivity contribution in [2.45, 2.75) is 33.1 Å². The standard InChI is InChI=1S/C18H27N3O4/c1-3-4-5-8-21(15(2)22)14-17(23)19-9-11-20(12-10-19)18(24)16-7-6-13-25-16/h6-7,13H,3-5,8-12,14H2,1-2H3. The van der Waals surface area contributed by atoms with Crippen LogP contribution in [-0.2, 0) is 9.59 Å². The van der Waals surface area contributed by atoms with Crippen LogP contribution in [0.1, 0.15) is 43.7 Å². The minimum atomic E-state index is -0.151. The van der Waals surface area contributed by atoms with Gasteiger partial charge in [-0.2, -0.15) is 0 Å². The van der Waals surface area contributed by atoms with E-state index < -0.39 is 0 Å². The summed E-state index contributed by atoms with van der Waals surface area (Å²) in [5.41, 5.74) is 0. The topological polar surface area (TPSA) is 74.1 Å². The monoisotopic (exact) mass is 349 g/mol. The van der Waals surface area contributed by atoms with Gasteiger partial charge >= 0.3 is 0 Å². The van der Waals surface area contributed by atoms with Crippen molar-refractivity contribution in [1.29, 1.82) is 0 Å². The fraction of sp³-hybridized carbons (Fsp3) is 0.611. The van der Waals surface area contributed by atoms with Gasteiger partial charge in [-0.05, 0) is 18.6 Å². The van der Waals surface area contributed by atoms with Gasteiger partial charge in [0, 0.05) is 39.6 Å². The van der Waals surface area contributed by atoms with Crippen molar-refractivity contribution in [2.75, 3.05) is 39.3 Å². The summed E-state index contributed by atoms with van der Waals surface area (Å²) in [7, 11) is 0. The first-order valence-corrected chi connectivity index (χ1v) is 8.89. The second-order valence-electron chi connectivity index (χ2n) is 6.30. The predicted octanol–water partition coefficient (Wildman–Crippen LogP) is 1.60. The van der Waals surface area contributed by atoms with E-state index in [1.165, 1.54) is 13.2 Å². The Morgan fingerprint density at radius 2 is 1.80 bits per heavy atom. The smallest absolute Gasteiger partial charge is 0.289 e. The number of hydrogen-bond acceptors (Lipinski definition) is 4. The lowest BCUT2D eigenvalue weighted by molar-refractivity contribution is -0.140. The number of carbonyl (C=O) groups excluding carboxylic acids is 3. The van der Waals surface area contributed by atoms with Gasteiger partial charge < -0.3 is 19.1 Å². The first kappa shape index (κ1) is 19.0. The van der Waals surface area contributed by atoms with Gasteiger partial charge in [-0.15, -0.1) is 0 Å². The molecule has 138 valence electrons. The van der Waals surface area contributed by atoms with E-state index in [1.807, 2.05) is 0 Å². The molecule has 25 heavy (non-hydrogen) atoms. The molecule has 0 saturated carbocycles. The average molecular weight is 349 g/mol. The molecule has 1 aliphatic heterocycles. The SMILES string of the molecule is CCCCCN(CC(=O)N1CCN(C(=O)c2ccco2)CC1)C(C)=O. The fourth-order valence-corrected chi connectivity index (χ4v) is 2.88. The van der Waals surface area contributed by atoms with Crippen LogP contribution in [0, 0.1) is 0 Å². The minimum absolute atomic E-state index is 0.0585. The quantitative estimate of drug-likeness (QED) is 0.701. The number of carbonyl (C=O) groups is 3. The van der Waals surface area contributed by atoms with Gasteiger partial charge in [-0.3, -0.25) is 14.4 Å². The third kappa shape index (κ3) is 5.34. The van der Waals surface area contributed by atoms with E-state index in [2.05, 4.69) is 6.92 Å². The molecule has 7 nitrogen and oxygen atoms in total. The number of rotatable bonds is 7. The van der Waals surface area contributed by atoms with Crippen LogP contribution >= 0.6 is 0 Å². The minimum Gasteiger partial charge on any atom is -0.459 e. The van der Waals surface area contributed by atoms with Crippen LogP contribution in [0.2, 0.25) is 0 Å². The Morgan fingerprint density at radius 1 is 1.12 bits per heavy atom. The van der Waals surface area contributed by atoms with E-state index in [-0.39, 0.29) is 24.3 Å². The molecule has 0 radical (unpaired) electrons. The summed E-state index contributed by atoms with van der Waals surface area (Å²) in [4.78, 5) is 41.4. The Kier molecular flexibility index (Phi) is 7.03. The molecule has 1 aliphatic rings. The van der Waals surface area contributed by atoms with Crippen molar-refractivity contribution in [3.05, 3.63) is 24.2 Å². The summed E-state index contributed by atoms with van der Waals surface area (Å²) < 4.78 is 5.13. The van der Waals surface area contributed by atoms with Crippen LogP contribution < -0.4 is 0 Å². The molecule has 1 aromatic heterocycles. The third-order valence-corrected chi connectivity index (χ3v) is 4.45. The van der Waals surface area contributed by atoms with Gasteiger partial charge in [0.15, 0.2) is 5.76 Å². The van der Waals surface area contributed by atoms with Crippen molar-refractivity contribution in [3.63, 3.8) is 0 Å². The van der Waals surface area contributed by atoms with E-state index in [9.17, 15) is 14.4 Å². The molecule has 0 N–H and O–H groups in total. The van der Waals surface area contributed by atoms with E-state index >= 15 is 0 Å². The lowest BCUT2D eigenvalue weighted by Crippen LogP contribution is -2.53. The summed E-state index contributed by atoms with van der Waals surface area (Å²) in [5, 5.41) is 0. The molecule has 1 aromatic rings. The lowest BCUT2D eigenvalue weighted by Gasteiger charge is -2.35. The average Bonchev–Trinajstić information content (AvgIpc) is 3.15.